The molecule has 2 unspecified atom stereocenters. The Balaban J connectivity index is 2.64. The minimum absolute atomic E-state index is 2.84. The van der Waals surface area contributed by atoms with Gasteiger partial charge in [-0.3, -0.25) is 4.74 Å². The molecule has 0 bridgehead atoms. The van der Waals surface area contributed by atoms with E-state index in [0.717, 1.165) is 0 Å². The van der Waals surface area contributed by atoms with Crippen LogP contribution >= 0.6 is 0 Å². The third kappa shape index (κ3) is 0.772. The van der Waals surface area contributed by atoms with Crippen molar-refractivity contribution < 1.29 is 26.7 Å². The summed E-state index contributed by atoms with van der Waals surface area (Å²) < 4.78 is 59.4. The molecule has 6 heteroatoms. The summed E-state index contributed by atoms with van der Waals surface area (Å²) >= 11 is 0. The van der Waals surface area contributed by atoms with E-state index in [-0.39, 0.29) is 0 Å². The summed E-state index contributed by atoms with van der Waals surface area (Å²) in [5.41, 5.74) is 0. The molecule has 1 heterocycles. The monoisotopic (exact) mass is 148 g/mol. The van der Waals surface area contributed by atoms with Gasteiger partial charge in [0.1, 0.15) is 0 Å². The predicted octanol–water partition coefficient (Wildman–Crippen LogP) is 1.54. The molecule has 0 aromatic carbocycles. The van der Waals surface area contributed by atoms with E-state index in [2.05, 4.69) is 4.74 Å². The molecule has 0 spiro atoms. The van der Waals surface area contributed by atoms with Crippen LogP contribution in [0.25, 0.3) is 0 Å². The van der Waals surface area contributed by atoms with Crippen molar-refractivity contribution in [3.63, 3.8) is 0 Å². The quantitative estimate of drug-likeness (QED) is 0.375. The van der Waals surface area contributed by atoms with Crippen molar-refractivity contribution in [3.05, 3.63) is 0 Å². The van der Waals surface area contributed by atoms with Crippen LogP contribution in [0.5, 0.6) is 0 Å². The average molecular weight is 148 g/mol. The molecule has 0 saturated carbocycles. The summed E-state index contributed by atoms with van der Waals surface area (Å²) in [5, 5.41) is 0. The zero-order valence-electron chi connectivity index (χ0n) is 3.88. The molecule has 0 radical (unpaired) electrons. The van der Waals surface area contributed by atoms with Gasteiger partial charge >= 0.3 is 12.0 Å². The maximum absolute atomic E-state index is 11.7. The van der Waals surface area contributed by atoms with Crippen molar-refractivity contribution in [1.29, 1.82) is 0 Å². The van der Waals surface area contributed by atoms with E-state index in [4.69, 9.17) is 0 Å². The molecule has 1 nitrogen and oxygen atoms in total. The molecule has 2 atom stereocenters. The summed E-state index contributed by atoms with van der Waals surface area (Å²) in [6.45, 7) is 0. The van der Waals surface area contributed by atoms with Crippen molar-refractivity contribution in [2.75, 3.05) is 0 Å². The number of hydrogen-bond acceptors (Lipinski definition) is 1. The third-order valence-corrected chi connectivity index (χ3v) is 0.896. The Bertz CT molecular complexity index is 131. The normalized spacial score (nSPS) is 43.0. The molecular formula is C3HF5O. The minimum atomic E-state index is -5.24. The van der Waals surface area contributed by atoms with Gasteiger partial charge in [-0.25, -0.2) is 4.39 Å². The van der Waals surface area contributed by atoms with Gasteiger partial charge in [0.15, 0.2) is 0 Å². The molecule has 54 valence electrons. The van der Waals surface area contributed by atoms with Crippen LogP contribution in [-0.2, 0) is 4.74 Å². The lowest BCUT2D eigenvalue weighted by atomic mass is 10.4. The lowest BCUT2D eigenvalue weighted by molar-refractivity contribution is -0.226. The van der Waals surface area contributed by atoms with E-state index in [1.54, 1.807) is 0 Å². The number of epoxide rings is 1. The molecule has 0 aromatic rings. The zero-order valence-corrected chi connectivity index (χ0v) is 3.88. The van der Waals surface area contributed by atoms with Crippen LogP contribution in [0.4, 0.5) is 22.0 Å². The zero-order chi connectivity index (χ0) is 7.28. The van der Waals surface area contributed by atoms with Crippen LogP contribution in [0.3, 0.4) is 0 Å². The van der Waals surface area contributed by atoms with E-state index in [1.165, 1.54) is 0 Å². The Morgan fingerprint density at radius 2 is 1.67 bits per heavy atom. The molecule has 0 N–H and O–H groups in total. The van der Waals surface area contributed by atoms with Crippen LogP contribution in [0.1, 0.15) is 0 Å². The van der Waals surface area contributed by atoms with Crippen molar-refractivity contribution in [2.24, 2.45) is 0 Å². The van der Waals surface area contributed by atoms with E-state index < -0.39 is 18.4 Å². The first kappa shape index (κ1) is 6.73. The first-order valence-electron chi connectivity index (χ1n) is 1.95. The highest BCUT2D eigenvalue weighted by Crippen LogP contribution is 2.51. The van der Waals surface area contributed by atoms with Gasteiger partial charge in [0.05, 0.1) is 0 Å². The van der Waals surface area contributed by atoms with Crippen molar-refractivity contribution in [2.45, 2.75) is 18.4 Å². The summed E-state index contributed by atoms with van der Waals surface area (Å²) in [4.78, 5) is 0. The highest BCUT2D eigenvalue weighted by Gasteiger charge is 2.77. The molecule has 0 aliphatic carbocycles. The number of rotatable bonds is 0. The van der Waals surface area contributed by atoms with E-state index in [1.807, 2.05) is 0 Å². The number of alkyl halides is 5. The van der Waals surface area contributed by atoms with Gasteiger partial charge in [0.25, 0.3) is 6.36 Å². The first-order valence-corrected chi connectivity index (χ1v) is 1.95. The average Bonchev–Trinajstić information content (AvgIpc) is 2.13. The standard InChI is InChI=1S/C3HF5O/c4-1-2(5,9-1)3(6,7)8/h1H. The predicted molar refractivity (Wildman–Crippen MR) is 15.9 cm³/mol. The highest BCUT2D eigenvalue weighted by molar-refractivity contribution is 4.92. The summed E-state index contributed by atoms with van der Waals surface area (Å²) in [7, 11) is 0. The van der Waals surface area contributed by atoms with Crippen LogP contribution in [0, 0.1) is 0 Å². The summed E-state index contributed by atoms with van der Waals surface area (Å²) in [5.74, 6) is -4.02. The smallest absolute Gasteiger partial charge is 0.294 e. The number of hydrogen-bond donors (Lipinski definition) is 0. The van der Waals surface area contributed by atoms with E-state index in [0.29, 0.717) is 0 Å². The summed E-state index contributed by atoms with van der Waals surface area (Å²) in [6.07, 6.45) is -8.08. The largest absolute Gasteiger partial charge is 0.454 e. The second-order valence-electron chi connectivity index (χ2n) is 1.58. The Labute approximate surface area is 46.4 Å². The van der Waals surface area contributed by atoms with Gasteiger partial charge in [-0.2, -0.15) is 17.6 Å². The topological polar surface area (TPSA) is 12.5 Å². The fourth-order valence-corrected chi connectivity index (χ4v) is 0.312. The molecule has 1 aliphatic heterocycles. The second-order valence-corrected chi connectivity index (χ2v) is 1.58. The summed E-state index contributed by atoms with van der Waals surface area (Å²) in [6, 6.07) is 0. The lowest BCUT2D eigenvalue weighted by Gasteiger charge is -2.03. The van der Waals surface area contributed by atoms with Crippen molar-refractivity contribution >= 4 is 0 Å². The van der Waals surface area contributed by atoms with Gasteiger partial charge in [0.2, 0.25) is 0 Å². The second kappa shape index (κ2) is 1.36. The first-order chi connectivity index (χ1) is 3.88. The van der Waals surface area contributed by atoms with Crippen molar-refractivity contribution in [3.8, 4) is 0 Å². The van der Waals surface area contributed by atoms with Crippen LogP contribution in [0.2, 0.25) is 0 Å². The van der Waals surface area contributed by atoms with Gasteiger partial charge in [-0.15, -0.1) is 0 Å². The molecule has 0 amide bonds. The van der Waals surface area contributed by atoms with E-state index >= 15 is 0 Å². The molecular weight excluding hydrogens is 147 g/mol. The molecule has 0 aromatic heterocycles. The molecule has 1 saturated heterocycles. The SMILES string of the molecule is FC1OC1(F)C(F)(F)F. The van der Waals surface area contributed by atoms with Crippen LogP contribution in [0.15, 0.2) is 0 Å². The Hall–Kier alpha value is -0.390. The van der Waals surface area contributed by atoms with Gasteiger partial charge in [0, 0.05) is 0 Å². The van der Waals surface area contributed by atoms with Crippen molar-refractivity contribution in [1.82, 2.24) is 0 Å². The molecule has 1 fully saturated rings. The van der Waals surface area contributed by atoms with Gasteiger partial charge in [-0.05, 0) is 0 Å². The maximum Gasteiger partial charge on any atom is 0.454 e. The lowest BCUT2D eigenvalue weighted by Crippen LogP contribution is -2.29. The Kier molecular flexibility index (Phi) is 1.02. The van der Waals surface area contributed by atoms with E-state index in [9.17, 15) is 22.0 Å². The molecule has 9 heavy (non-hydrogen) atoms. The highest BCUT2D eigenvalue weighted by atomic mass is 19.4. The molecule has 1 aliphatic rings. The maximum atomic E-state index is 11.7. The minimum Gasteiger partial charge on any atom is -0.294 e. The number of ether oxygens (including phenoxy) is 1. The van der Waals surface area contributed by atoms with Gasteiger partial charge < -0.3 is 0 Å². The molecule has 1 rings (SSSR count). The fourth-order valence-electron chi connectivity index (χ4n) is 0.312. The third-order valence-electron chi connectivity index (χ3n) is 0.896. The van der Waals surface area contributed by atoms with Gasteiger partial charge in [-0.1, -0.05) is 0 Å². The fraction of sp³-hybridized carbons (Fsp3) is 1.00. The van der Waals surface area contributed by atoms with Crippen LogP contribution < -0.4 is 0 Å². The Morgan fingerprint density at radius 1 is 1.33 bits per heavy atom. The number of halogens is 5. The van der Waals surface area contributed by atoms with Crippen LogP contribution in [-0.4, -0.2) is 18.4 Å². The Morgan fingerprint density at radius 3 is 1.67 bits per heavy atom.